The predicted octanol–water partition coefficient (Wildman–Crippen LogP) is 9.86. The number of thioether (sulfide) groups is 1. The van der Waals surface area contributed by atoms with Crippen molar-refractivity contribution in [3.05, 3.63) is 138 Å². The van der Waals surface area contributed by atoms with Crippen molar-refractivity contribution in [1.82, 2.24) is 14.4 Å². The molecule has 382 valence electrons. The summed E-state index contributed by atoms with van der Waals surface area (Å²) >= 11 is 5.38. The number of anilines is 4. The zero-order valence-corrected chi connectivity index (χ0v) is 43.2. The van der Waals surface area contributed by atoms with Crippen LogP contribution in [0.2, 0.25) is 5.02 Å². The summed E-state index contributed by atoms with van der Waals surface area (Å²) in [5.41, 5.74) is 2.06. The van der Waals surface area contributed by atoms with Crippen molar-refractivity contribution in [2.24, 2.45) is 7.05 Å². The van der Waals surface area contributed by atoms with Crippen LogP contribution >= 0.6 is 23.4 Å². The molecule has 2 aliphatic rings. The summed E-state index contributed by atoms with van der Waals surface area (Å²) in [6.45, 7) is 3.27. The summed E-state index contributed by atoms with van der Waals surface area (Å²) in [4.78, 5) is 22.9. The molecule has 1 aromatic heterocycles. The predicted molar refractivity (Wildman–Crippen MR) is 282 cm³/mol. The van der Waals surface area contributed by atoms with Gasteiger partial charge < -0.3 is 39.1 Å². The zero-order chi connectivity index (χ0) is 51.3. The molecule has 3 heterocycles. The number of hydrogen-bond acceptors (Lipinski definition) is 10. The van der Waals surface area contributed by atoms with Crippen molar-refractivity contribution in [1.29, 1.82) is 0 Å². The van der Waals surface area contributed by atoms with Crippen LogP contribution in [-0.4, -0.2) is 120 Å². The number of likely N-dealkylation sites (tertiary alicyclic amines) is 1. The molecule has 0 bridgehead atoms. The third-order valence-electron chi connectivity index (χ3n) is 12.9. The quantitative estimate of drug-likeness (QED) is 0.0511. The summed E-state index contributed by atoms with van der Waals surface area (Å²) in [5, 5.41) is 14.0. The Morgan fingerprint density at radius 3 is 2.12 bits per heavy atom. The van der Waals surface area contributed by atoms with Gasteiger partial charge >= 0.3 is 6.18 Å². The Labute approximate surface area is 430 Å². The molecule has 6 aromatic rings. The Balaban J connectivity index is 0.969. The van der Waals surface area contributed by atoms with E-state index in [1.165, 1.54) is 30.1 Å². The number of aromatic nitrogens is 1. The monoisotopic (exact) mass is 1060 g/mol. The number of benzene rings is 5. The zero-order valence-electron chi connectivity index (χ0n) is 40.0. The van der Waals surface area contributed by atoms with Crippen LogP contribution in [0.4, 0.5) is 35.9 Å². The molecule has 20 heteroatoms. The van der Waals surface area contributed by atoms with E-state index in [9.17, 15) is 27.1 Å². The lowest BCUT2D eigenvalue weighted by atomic mass is 9.94. The van der Waals surface area contributed by atoms with Crippen molar-refractivity contribution >= 4 is 73.1 Å². The maximum atomic E-state index is 15.2. The first-order chi connectivity index (χ1) is 34.4. The second kappa shape index (κ2) is 22.7. The van der Waals surface area contributed by atoms with E-state index in [2.05, 4.69) is 24.7 Å². The van der Waals surface area contributed by atoms with Crippen molar-refractivity contribution in [2.75, 3.05) is 85.5 Å². The van der Waals surface area contributed by atoms with Gasteiger partial charge in [-0.05, 0) is 130 Å². The fraction of sp³-hybridized carbons (Fsp3) is 0.327. The van der Waals surface area contributed by atoms with Crippen molar-refractivity contribution in [3.63, 3.8) is 0 Å². The maximum absolute atomic E-state index is 15.2. The topological polar surface area (TPSA) is 151 Å². The van der Waals surface area contributed by atoms with E-state index in [1.54, 1.807) is 60.3 Å². The molecule has 0 spiro atoms. The molecule has 2 aliphatic heterocycles. The number of halogens is 4. The van der Waals surface area contributed by atoms with Gasteiger partial charge in [-0.15, -0.1) is 11.8 Å². The first kappa shape index (κ1) is 52.8. The van der Waals surface area contributed by atoms with Crippen LogP contribution in [0.3, 0.4) is 0 Å². The van der Waals surface area contributed by atoms with Gasteiger partial charge in [0.05, 0.1) is 32.8 Å². The number of alkyl halides is 3. The van der Waals surface area contributed by atoms with Crippen molar-refractivity contribution < 1.29 is 40.3 Å². The number of piperidine rings is 1. The van der Waals surface area contributed by atoms with E-state index in [1.807, 2.05) is 68.7 Å². The Hall–Kier alpha value is -5.54. The number of nitrogens with zero attached hydrogens (tertiary/aromatic N) is 5. The number of nitrogens with one attached hydrogen (secondary N) is 2. The second-order valence-corrected chi connectivity index (χ2v) is 22.3. The first-order valence-corrected chi connectivity index (χ1v) is 27.4. The number of carbonyl (C=O) groups is 1. The number of hydrogen-bond donors (Lipinski definition) is 4. The molecule has 4 N–H and O–H groups in total. The van der Waals surface area contributed by atoms with E-state index in [0.29, 0.717) is 59.5 Å². The van der Waals surface area contributed by atoms with E-state index in [0.717, 1.165) is 33.8 Å². The summed E-state index contributed by atoms with van der Waals surface area (Å²) in [6.07, 6.45) is -4.23. The summed E-state index contributed by atoms with van der Waals surface area (Å²) in [6, 6.07) is 34.6. The highest BCUT2D eigenvalue weighted by molar-refractivity contribution is 7.99. The molecule has 0 radical (unpaired) electrons. The minimum absolute atomic E-state index is 0.0491. The number of rotatable bonds is 17. The molecular formula is C52H57ClF3N7O6S3. The molecular weight excluding hydrogens is 1010 g/mol. The molecule has 1 unspecified atom stereocenters. The van der Waals surface area contributed by atoms with Gasteiger partial charge in [0.25, 0.3) is 15.9 Å². The van der Waals surface area contributed by atoms with E-state index in [-0.39, 0.29) is 53.0 Å². The third kappa shape index (κ3) is 12.4. The molecule has 0 aliphatic carbocycles. The number of carbonyl (C=O) groups excluding carboxylic acids is 1. The second-order valence-electron chi connectivity index (χ2n) is 18.2. The minimum Gasteiger partial charge on any atom is -0.393 e. The highest BCUT2D eigenvalue weighted by Gasteiger charge is 2.44. The van der Waals surface area contributed by atoms with E-state index < -0.39 is 50.5 Å². The van der Waals surface area contributed by atoms with Crippen molar-refractivity contribution in [2.45, 2.75) is 52.3 Å². The maximum Gasteiger partial charge on any atom is 0.432 e. The summed E-state index contributed by atoms with van der Waals surface area (Å²) in [7, 11) is 1.10. The molecule has 2 saturated heterocycles. The van der Waals surface area contributed by atoms with Gasteiger partial charge in [-0.2, -0.15) is 13.2 Å². The molecule has 1 amide bonds. The lowest BCUT2D eigenvalue weighted by Gasteiger charge is -2.37. The SMILES string of the molecule is CN(C)CC[C@H](CSc1ccccc1)Nc1ccc(S(=O)(=O)Nc2ccc(N3CCN(c4cccc(-c5c(C(=O)N6CCC(O)CC6)c(C(F)(F)F)n(C)c5-c5ccc(Cl)cc5)c4)CC3)cc2)cc1S(=O)O. The highest BCUT2D eigenvalue weighted by atomic mass is 35.5. The molecule has 8 rings (SSSR count). The third-order valence-corrected chi connectivity index (χ3v) is 16.5. The van der Waals surface area contributed by atoms with Crippen LogP contribution in [0.25, 0.3) is 22.4 Å². The largest absolute Gasteiger partial charge is 0.432 e. The van der Waals surface area contributed by atoms with Crippen LogP contribution in [0, 0.1) is 0 Å². The Morgan fingerprint density at radius 2 is 1.50 bits per heavy atom. The Kier molecular flexibility index (Phi) is 16.6. The van der Waals surface area contributed by atoms with Gasteiger partial charge in [-0.1, -0.05) is 54.1 Å². The summed E-state index contributed by atoms with van der Waals surface area (Å²) in [5.74, 6) is -0.0726. The average Bonchev–Trinajstić information content (AvgIpc) is 3.68. The number of amides is 1. The Bertz CT molecular complexity index is 2980. The molecule has 0 saturated carbocycles. The van der Waals surface area contributed by atoms with Crippen LogP contribution in [0.5, 0.6) is 0 Å². The molecule has 13 nitrogen and oxygen atoms in total. The fourth-order valence-corrected chi connectivity index (χ4v) is 12.0. The standard InChI is InChI=1S/C52H57ClF3N7O6S3/c1-59(2)25-22-39(34-70-43-10-5-4-6-11-43)57-45-21-20-44(33-46(45)71(66)67)72(68,69)58-38-16-18-40(19-17-38)61-28-30-62(31-29-61)41-9-7-8-36(32-41)47-48(51(65)63-26-23-42(64)24-27-63)50(52(54,55)56)60(3)49(47)35-12-14-37(53)15-13-35/h4-21,32-33,39,42,57-58,64H,22-31,34H2,1-3H3,(H,66,67)/t39-/m1/s1. The number of sulfonamides is 1. The van der Waals surface area contributed by atoms with Crippen LogP contribution in [-0.2, 0) is 34.3 Å². The molecule has 72 heavy (non-hydrogen) atoms. The normalized spacial score (nSPS) is 15.7. The minimum atomic E-state index is -4.87. The van der Waals surface area contributed by atoms with Gasteiger partial charge in [-0.3, -0.25) is 9.52 Å². The van der Waals surface area contributed by atoms with Crippen LogP contribution in [0.1, 0.15) is 35.3 Å². The lowest BCUT2D eigenvalue weighted by molar-refractivity contribution is -0.143. The first-order valence-electron chi connectivity index (χ1n) is 23.5. The van der Waals surface area contributed by atoms with Gasteiger partial charge in [-0.25, -0.2) is 12.6 Å². The average molecular weight is 1060 g/mol. The number of aliphatic hydroxyl groups excluding tert-OH is 1. The Morgan fingerprint density at radius 1 is 0.847 bits per heavy atom. The van der Waals surface area contributed by atoms with Gasteiger partial charge in [0, 0.05) is 90.7 Å². The lowest BCUT2D eigenvalue weighted by Crippen LogP contribution is -2.46. The van der Waals surface area contributed by atoms with Crippen molar-refractivity contribution in [3.8, 4) is 22.4 Å². The smallest absolute Gasteiger partial charge is 0.393 e. The van der Waals surface area contributed by atoms with Gasteiger partial charge in [0.2, 0.25) is 0 Å². The molecule has 5 aromatic carbocycles. The summed E-state index contributed by atoms with van der Waals surface area (Å²) < 4.78 is 99.5. The highest BCUT2D eigenvalue weighted by Crippen LogP contribution is 2.46. The van der Waals surface area contributed by atoms with E-state index in [4.69, 9.17) is 11.6 Å². The van der Waals surface area contributed by atoms with E-state index >= 15 is 13.2 Å². The van der Waals surface area contributed by atoms with Crippen LogP contribution in [0.15, 0.2) is 136 Å². The molecule has 2 atom stereocenters. The number of aliphatic hydroxyl groups is 1. The number of piperazine rings is 1. The fourth-order valence-electron chi connectivity index (χ4n) is 9.19. The van der Waals surface area contributed by atoms with Gasteiger partial charge in [0.15, 0.2) is 11.1 Å². The van der Waals surface area contributed by atoms with Crippen LogP contribution < -0.4 is 19.8 Å². The molecule has 2 fully saturated rings. The van der Waals surface area contributed by atoms with Gasteiger partial charge in [0.1, 0.15) is 5.69 Å².